The van der Waals surface area contributed by atoms with Gasteiger partial charge in [0.2, 0.25) is 5.95 Å². The second-order valence-corrected chi connectivity index (χ2v) is 5.77. The highest BCUT2D eigenvalue weighted by Gasteiger charge is 2.17. The lowest BCUT2D eigenvalue weighted by molar-refractivity contribution is 0.415. The third kappa shape index (κ3) is 3.00. The number of hydrogen-bond donors (Lipinski definition) is 0. The van der Waals surface area contributed by atoms with E-state index in [0.29, 0.717) is 46.9 Å². The van der Waals surface area contributed by atoms with E-state index in [4.69, 9.17) is 15.0 Å². The molecule has 0 radical (unpaired) electrons. The molecule has 0 aliphatic rings. The molecule has 132 valence electrons. The van der Waals surface area contributed by atoms with E-state index >= 15 is 0 Å². The van der Waals surface area contributed by atoms with Crippen molar-refractivity contribution in [2.75, 3.05) is 25.1 Å². The van der Waals surface area contributed by atoms with E-state index in [1.807, 2.05) is 18.7 Å². The van der Waals surface area contributed by atoms with Crippen molar-refractivity contribution in [2.45, 2.75) is 13.8 Å². The molecule has 0 fully saturated rings. The summed E-state index contributed by atoms with van der Waals surface area (Å²) in [6.45, 7) is 5.48. The number of methoxy groups -OCH3 is 1. The first-order chi connectivity index (χ1) is 12.6. The number of rotatable bonds is 5. The van der Waals surface area contributed by atoms with Gasteiger partial charge in [0.05, 0.1) is 35.3 Å². The molecule has 0 aliphatic heterocycles. The van der Waals surface area contributed by atoms with Gasteiger partial charge in [-0.25, -0.2) is 9.55 Å². The minimum absolute atomic E-state index is 0.149. The fourth-order valence-corrected chi connectivity index (χ4v) is 2.92. The number of hydrogen-bond acceptors (Lipinski definition) is 5. The van der Waals surface area contributed by atoms with Gasteiger partial charge in [-0.05, 0) is 50.2 Å². The van der Waals surface area contributed by atoms with Gasteiger partial charge in [-0.15, -0.1) is 0 Å². The number of fused-ring (bicyclic) bond motifs is 1. The Morgan fingerprint density at radius 3 is 2.42 bits per heavy atom. The predicted octanol–water partition coefficient (Wildman–Crippen LogP) is 3.11. The molecular formula is C20H20N4O2. The summed E-state index contributed by atoms with van der Waals surface area (Å²) in [4.78, 5) is 20.0. The number of benzene rings is 2. The van der Waals surface area contributed by atoms with Crippen LogP contribution in [0.1, 0.15) is 19.4 Å². The Morgan fingerprint density at radius 2 is 1.85 bits per heavy atom. The van der Waals surface area contributed by atoms with Crippen LogP contribution in [0.4, 0.5) is 5.95 Å². The lowest BCUT2D eigenvalue weighted by Gasteiger charge is -2.24. The van der Waals surface area contributed by atoms with Crippen molar-refractivity contribution < 1.29 is 4.74 Å². The Labute approximate surface area is 151 Å². The van der Waals surface area contributed by atoms with Crippen molar-refractivity contribution in [3.63, 3.8) is 0 Å². The molecule has 3 aromatic rings. The molecule has 26 heavy (non-hydrogen) atoms. The molecule has 2 aromatic carbocycles. The lowest BCUT2D eigenvalue weighted by atomic mass is 10.2. The van der Waals surface area contributed by atoms with Gasteiger partial charge in [-0.3, -0.25) is 4.79 Å². The third-order valence-corrected chi connectivity index (χ3v) is 4.36. The highest BCUT2D eigenvalue weighted by Crippen LogP contribution is 2.22. The zero-order valence-electron chi connectivity index (χ0n) is 15.1. The summed E-state index contributed by atoms with van der Waals surface area (Å²) in [6, 6.07) is 14.3. The van der Waals surface area contributed by atoms with E-state index in [9.17, 15) is 4.79 Å². The Kier molecular flexibility index (Phi) is 4.90. The van der Waals surface area contributed by atoms with Gasteiger partial charge in [0.15, 0.2) is 0 Å². The second kappa shape index (κ2) is 7.28. The van der Waals surface area contributed by atoms with E-state index in [1.54, 1.807) is 54.1 Å². The zero-order chi connectivity index (χ0) is 18.7. The summed E-state index contributed by atoms with van der Waals surface area (Å²) in [5, 5.41) is 9.53. The van der Waals surface area contributed by atoms with Gasteiger partial charge in [-0.1, -0.05) is 0 Å². The quantitative estimate of drug-likeness (QED) is 0.708. The van der Waals surface area contributed by atoms with E-state index in [1.165, 1.54) is 0 Å². The van der Waals surface area contributed by atoms with E-state index in [2.05, 4.69) is 6.07 Å². The van der Waals surface area contributed by atoms with Crippen molar-refractivity contribution in [3.8, 4) is 17.5 Å². The first-order valence-corrected chi connectivity index (χ1v) is 8.49. The van der Waals surface area contributed by atoms with Crippen molar-refractivity contribution in [3.05, 3.63) is 58.4 Å². The molecule has 0 spiro atoms. The fraction of sp³-hybridized carbons (Fsp3) is 0.250. The molecule has 6 heteroatoms. The molecule has 1 aromatic heterocycles. The number of nitriles is 1. The van der Waals surface area contributed by atoms with Crippen LogP contribution in [0.3, 0.4) is 0 Å². The SMILES string of the molecule is CCN(CC)c1nc2cc(OC)ccc2c(=O)n1-c1ccc(C#N)cc1. The molecular weight excluding hydrogens is 328 g/mol. The van der Waals surface area contributed by atoms with Crippen molar-refractivity contribution in [2.24, 2.45) is 0 Å². The van der Waals surface area contributed by atoms with E-state index < -0.39 is 0 Å². The first-order valence-electron chi connectivity index (χ1n) is 8.49. The highest BCUT2D eigenvalue weighted by atomic mass is 16.5. The molecule has 0 atom stereocenters. The van der Waals surface area contributed by atoms with Crippen LogP contribution in [-0.2, 0) is 0 Å². The summed E-state index contributed by atoms with van der Waals surface area (Å²) in [5.74, 6) is 1.23. The molecule has 0 aliphatic carbocycles. The Hall–Kier alpha value is -3.33. The topological polar surface area (TPSA) is 71.2 Å². The minimum atomic E-state index is -0.149. The largest absolute Gasteiger partial charge is 0.497 e. The summed E-state index contributed by atoms with van der Waals surface area (Å²) >= 11 is 0. The van der Waals surface area contributed by atoms with Crippen LogP contribution in [0.5, 0.6) is 5.75 Å². The Bertz CT molecular complexity index is 1030. The van der Waals surface area contributed by atoms with Crippen molar-refractivity contribution in [1.82, 2.24) is 9.55 Å². The van der Waals surface area contributed by atoms with Crippen LogP contribution in [0.2, 0.25) is 0 Å². The maximum absolute atomic E-state index is 13.2. The molecule has 3 rings (SSSR count). The van der Waals surface area contributed by atoms with Crippen molar-refractivity contribution >= 4 is 16.9 Å². The zero-order valence-corrected chi connectivity index (χ0v) is 15.1. The summed E-state index contributed by atoms with van der Waals surface area (Å²) < 4.78 is 6.86. The van der Waals surface area contributed by atoms with Gasteiger partial charge >= 0.3 is 0 Å². The average molecular weight is 348 g/mol. The Balaban J connectivity index is 2.34. The highest BCUT2D eigenvalue weighted by molar-refractivity contribution is 5.81. The monoisotopic (exact) mass is 348 g/mol. The maximum atomic E-state index is 13.2. The van der Waals surface area contributed by atoms with Gasteiger partial charge in [0.1, 0.15) is 5.75 Å². The smallest absolute Gasteiger partial charge is 0.267 e. The summed E-state index contributed by atoms with van der Waals surface area (Å²) in [5.41, 5.74) is 1.68. The van der Waals surface area contributed by atoms with Gasteiger partial charge < -0.3 is 9.64 Å². The fourth-order valence-electron chi connectivity index (χ4n) is 2.92. The number of nitrogens with zero attached hydrogens (tertiary/aromatic N) is 4. The number of aromatic nitrogens is 2. The number of ether oxygens (including phenoxy) is 1. The second-order valence-electron chi connectivity index (χ2n) is 5.77. The normalized spacial score (nSPS) is 10.5. The predicted molar refractivity (Wildman–Crippen MR) is 102 cm³/mol. The van der Waals surface area contributed by atoms with Crippen molar-refractivity contribution in [1.29, 1.82) is 5.26 Å². The number of anilines is 1. The van der Waals surface area contributed by atoms with Gasteiger partial charge in [0.25, 0.3) is 5.56 Å². The molecule has 0 N–H and O–H groups in total. The summed E-state index contributed by atoms with van der Waals surface area (Å²) in [6.07, 6.45) is 0. The molecule has 1 heterocycles. The van der Waals surface area contributed by atoms with E-state index in [-0.39, 0.29) is 5.56 Å². The minimum Gasteiger partial charge on any atom is -0.497 e. The molecule has 0 bridgehead atoms. The van der Waals surface area contributed by atoms with Crippen LogP contribution >= 0.6 is 0 Å². The van der Waals surface area contributed by atoms with Gasteiger partial charge in [-0.2, -0.15) is 5.26 Å². The van der Waals surface area contributed by atoms with E-state index in [0.717, 1.165) is 0 Å². The van der Waals surface area contributed by atoms with Gasteiger partial charge in [0, 0.05) is 19.2 Å². The van der Waals surface area contributed by atoms with Crippen LogP contribution in [-0.4, -0.2) is 29.8 Å². The molecule has 0 saturated carbocycles. The Morgan fingerprint density at radius 1 is 1.15 bits per heavy atom. The molecule has 0 unspecified atom stereocenters. The molecule has 6 nitrogen and oxygen atoms in total. The van der Waals surface area contributed by atoms with Crippen LogP contribution in [0, 0.1) is 11.3 Å². The average Bonchev–Trinajstić information content (AvgIpc) is 2.69. The lowest BCUT2D eigenvalue weighted by Crippen LogP contribution is -2.32. The van der Waals surface area contributed by atoms with Crippen LogP contribution < -0.4 is 15.2 Å². The third-order valence-electron chi connectivity index (χ3n) is 4.36. The van der Waals surface area contributed by atoms with Crippen LogP contribution in [0.15, 0.2) is 47.3 Å². The maximum Gasteiger partial charge on any atom is 0.267 e. The summed E-state index contributed by atoms with van der Waals surface area (Å²) in [7, 11) is 1.59. The molecule has 0 saturated heterocycles. The molecule has 0 amide bonds. The van der Waals surface area contributed by atoms with Crippen LogP contribution in [0.25, 0.3) is 16.6 Å². The standard InChI is InChI=1S/C20H20N4O2/c1-4-23(5-2)20-22-18-12-16(26-3)10-11-17(18)19(25)24(20)15-8-6-14(13-21)7-9-15/h6-12H,4-5H2,1-3H3. The first kappa shape index (κ1) is 17.5.